The molecule has 0 bridgehead atoms. The maximum atomic E-state index is 11.7. The maximum Gasteiger partial charge on any atom is 0.272 e. The molecule has 82 valence electrons. The van der Waals surface area contributed by atoms with Crippen molar-refractivity contribution in [3.63, 3.8) is 0 Å². The molecule has 1 aromatic carbocycles. The Kier molecular flexibility index (Phi) is 1.76. The van der Waals surface area contributed by atoms with E-state index >= 15 is 0 Å². The number of fused-ring (bicyclic) bond motifs is 1. The highest BCUT2D eigenvalue weighted by molar-refractivity contribution is 5.85. The first-order valence-corrected chi connectivity index (χ1v) is 5.60. The number of hydrogen-bond acceptors (Lipinski definition) is 2. The topological polar surface area (TPSA) is 45.8 Å². The first-order valence-electron chi connectivity index (χ1n) is 5.60. The van der Waals surface area contributed by atoms with Gasteiger partial charge in [-0.05, 0) is 31.9 Å². The first-order chi connectivity index (χ1) is 7.60. The van der Waals surface area contributed by atoms with Gasteiger partial charge in [-0.25, -0.2) is 5.10 Å². The summed E-state index contributed by atoms with van der Waals surface area (Å²) in [4.78, 5) is 11.7. The predicted molar refractivity (Wildman–Crippen MR) is 63.7 cm³/mol. The molecule has 2 aromatic rings. The van der Waals surface area contributed by atoms with E-state index in [0.717, 1.165) is 29.3 Å². The van der Waals surface area contributed by atoms with Crippen LogP contribution in [0.4, 0.5) is 0 Å². The molecule has 1 saturated carbocycles. The van der Waals surface area contributed by atoms with Crippen LogP contribution in [0.5, 0.6) is 0 Å². The second-order valence-electron chi connectivity index (χ2n) is 5.01. The second-order valence-corrected chi connectivity index (χ2v) is 5.01. The van der Waals surface area contributed by atoms with Gasteiger partial charge in [0.2, 0.25) is 0 Å². The molecule has 1 N–H and O–H groups in total. The predicted octanol–water partition coefficient (Wildman–Crippen LogP) is 2.28. The fraction of sp³-hybridized carbons (Fsp3) is 0.385. The van der Waals surface area contributed by atoms with E-state index in [4.69, 9.17) is 0 Å². The minimum atomic E-state index is -0.0944. The Morgan fingerprint density at radius 3 is 2.75 bits per heavy atom. The lowest BCUT2D eigenvalue weighted by atomic mass is 9.98. The molecule has 0 spiro atoms. The van der Waals surface area contributed by atoms with E-state index in [1.165, 1.54) is 5.56 Å². The Labute approximate surface area is 93.5 Å². The molecule has 16 heavy (non-hydrogen) atoms. The Hall–Kier alpha value is -1.64. The van der Waals surface area contributed by atoms with E-state index in [1.807, 2.05) is 19.1 Å². The van der Waals surface area contributed by atoms with Crippen molar-refractivity contribution in [1.82, 2.24) is 10.2 Å². The number of aromatic amines is 1. The fourth-order valence-electron chi connectivity index (χ4n) is 2.16. The standard InChI is InChI=1S/C13H14N2O/c1-8-3-4-9-10(7-8)11(13(2)5-6-13)14-15-12(9)16/h3-4,7H,5-6H2,1-2H3,(H,15,16). The summed E-state index contributed by atoms with van der Waals surface area (Å²) in [6.07, 6.45) is 2.32. The quantitative estimate of drug-likeness (QED) is 0.791. The van der Waals surface area contributed by atoms with Gasteiger partial charge in [0.25, 0.3) is 5.56 Å². The summed E-state index contributed by atoms with van der Waals surface area (Å²) in [7, 11) is 0. The highest BCUT2D eigenvalue weighted by Gasteiger charge is 2.42. The van der Waals surface area contributed by atoms with E-state index < -0.39 is 0 Å². The highest BCUT2D eigenvalue weighted by Crippen LogP contribution is 2.48. The Morgan fingerprint density at radius 2 is 2.06 bits per heavy atom. The average Bonchev–Trinajstić information content (AvgIpc) is 2.97. The van der Waals surface area contributed by atoms with E-state index in [0.29, 0.717) is 0 Å². The summed E-state index contributed by atoms with van der Waals surface area (Å²) in [5.41, 5.74) is 2.30. The van der Waals surface area contributed by atoms with Crippen LogP contribution in [0.15, 0.2) is 23.0 Å². The number of H-pyrrole nitrogens is 1. The van der Waals surface area contributed by atoms with Gasteiger partial charge in [-0.1, -0.05) is 18.6 Å². The summed E-state index contributed by atoms with van der Waals surface area (Å²) in [5, 5.41) is 8.62. The van der Waals surface area contributed by atoms with Gasteiger partial charge in [-0.2, -0.15) is 5.10 Å². The lowest BCUT2D eigenvalue weighted by Crippen LogP contribution is -2.15. The Bertz CT molecular complexity index is 623. The van der Waals surface area contributed by atoms with Gasteiger partial charge in [0.05, 0.1) is 11.1 Å². The van der Waals surface area contributed by atoms with Gasteiger partial charge in [-0.3, -0.25) is 4.79 Å². The zero-order valence-electron chi connectivity index (χ0n) is 9.50. The van der Waals surface area contributed by atoms with Crippen LogP contribution >= 0.6 is 0 Å². The molecule has 3 heteroatoms. The van der Waals surface area contributed by atoms with Crippen LogP contribution in [0.3, 0.4) is 0 Å². The molecule has 0 amide bonds. The molecule has 1 aliphatic carbocycles. The Morgan fingerprint density at radius 1 is 1.31 bits per heavy atom. The molecule has 1 aliphatic rings. The first kappa shape index (κ1) is 9.58. The molecule has 3 rings (SSSR count). The van der Waals surface area contributed by atoms with Gasteiger partial charge in [0.1, 0.15) is 0 Å². The number of hydrogen-bond donors (Lipinski definition) is 1. The van der Waals surface area contributed by atoms with E-state index in [-0.39, 0.29) is 11.0 Å². The number of benzene rings is 1. The third-order valence-electron chi connectivity index (χ3n) is 3.52. The summed E-state index contributed by atoms with van der Waals surface area (Å²) >= 11 is 0. The van der Waals surface area contributed by atoms with Crippen molar-refractivity contribution in [2.24, 2.45) is 0 Å². The normalized spacial score (nSPS) is 17.6. The van der Waals surface area contributed by atoms with Crippen LogP contribution < -0.4 is 5.56 Å². The maximum absolute atomic E-state index is 11.7. The van der Waals surface area contributed by atoms with Crippen molar-refractivity contribution >= 4 is 10.8 Å². The van der Waals surface area contributed by atoms with E-state index in [9.17, 15) is 4.79 Å². The zero-order valence-corrected chi connectivity index (χ0v) is 9.50. The van der Waals surface area contributed by atoms with Crippen LogP contribution in [-0.2, 0) is 5.41 Å². The molecule has 0 unspecified atom stereocenters. The summed E-state index contributed by atoms with van der Waals surface area (Å²) in [6, 6.07) is 5.92. The van der Waals surface area contributed by atoms with E-state index in [1.54, 1.807) is 0 Å². The number of rotatable bonds is 1. The zero-order chi connectivity index (χ0) is 11.3. The largest absolute Gasteiger partial charge is 0.272 e. The summed E-state index contributed by atoms with van der Waals surface area (Å²) in [6.45, 7) is 4.25. The second kappa shape index (κ2) is 2.94. The smallest absolute Gasteiger partial charge is 0.267 e. The molecular weight excluding hydrogens is 200 g/mol. The third-order valence-corrected chi connectivity index (χ3v) is 3.52. The third kappa shape index (κ3) is 1.28. The number of aromatic nitrogens is 2. The van der Waals surface area contributed by atoms with Gasteiger partial charge in [0.15, 0.2) is 0 Å². The van der Waals surface area contributed by atoms with Crippen LogP contribution in [0, 0.1) is 6.92 Å². The van der Waals surface area contributed by atoms with Crippen LogP contribution in [0.2, 0.25) is 0 Å². The van der Waals surface area contributed by atoms with Gasteiger partial charge >= 0.3 is 0 Å². The highest BCUT2D eigenvalue weighted by atomic mass is 16.1. The van der Waals surface area contributed by atoms with Crippen LogP contribution in [0.25, 0.3) is 10.8 Å². The van der Waals surface area contributed by atoms with Gasteiger partial charge < -0.3 is 0 Å². The monoisotopic (exact) mass is 214 g/mol. The number of aryl methyl sites for hydroxylation is 1. The van der Waals surface area contributed by atoms with Crippen molar-refractivity contribution < 1.29 is 0 Å². The minimum absolute atomic E-state index is 0.0944. The summed E-state index contributed by atoms with van der Waals surface area (Å²) < 4.78 is 0. The molecule has 1 fully saturated rings. The lowest BCUT2D eigenvalue weighted by molar-refractivity contribution is 0.731. The Balaban J connectivity index is 2.42. The number of nitrogens with one attached hydrogen (secondary N) is 1. The minimum Gasteiger partial charge on any atom is -0.267 e. The molecule has 3 nitrogen and oxygen atoms in total. The molecule has 0 aliphatic heterocycles. The van der Waals surface area contributed by atoms with Crippen molar-refractivity contribution in [3.8, 4) is 0 Å². The molecule has 1 aromatic heterocycles. The average molecular weight is 214 g/mol. The van der Waals surface area contributed by atoms with Crippen LogP contribution in [-0.4, -0.2) is 10.2 Å². The van der Waals surface area contributed by atoms with Gasteiger partial charge in [-0.15, -0.1) is 0 Å². The van der Waals surface area contributed by atoms with E-state index in [2.05, 4.69) is 23.2 Å². The van der Waals surface area contributed by atoms with Gasteiger partial charge in [0, 0.05) is 10.8 Å². The number of nitrogens with zero attached hydrogens (tertiary/aromatic N) is 1. The molecule has 1 heterocycles. The lowest BCUT2D eigenvalue weighted by Gasteiger charge is -2.10. The molecular formula is C13H14N2O. The fourth-order valence-corrected chi connectivity index (χ4v) is 2.16. The van der Waals surface area contributed by atoms with Crippen molar-refractivity contribution in [1.29, 1.82) is 0 Å². The molecule has 0 atom stereocenters. The van der Waals surface area contributed by atoms with Crippen molar-refractivity contribution in [2.45, 2.75) is 32.1 Å². The molecule has 0 radical (unpaired) electrons. The summed E-state index contributed by atoms with van der Waals surface area (Å²) in [5.74, 6) is 0. The van der Waals surface area contributed by atoms with Crippen LogP contribution in [0.1, 0.15) is 31.0 Å². The SMILES string of the molecule is Cc1ccc2c(=O)[nH]nc(C3(C)CC3)c2c1. The van der Waals surface area contributed by atoms with Crippen molar-refractivity contribution in [3.05, 3.63) is 39.8 Å². The molecule has 0 saturated heterocycles. The van der Waals surface area contributed by atoms with Crippen molar-refractivity contribution in [2.75, 3.05) is 0 Å².